The number of aliphatic hydroxyl groups excluding tert-OH is 1. The highest BCUT2D eigenvalue weighted by molar-refractivity contribution is 5.77. The van der Waals surface area contributed by atoms with E-state index in [1.807, 2.05) is 42.1 Å². The van der Waals surface area contributed by atoms with Crippen molar-refractivity contribution in [3.63, 3.8) is 0 Å². The summed E-state index contributed by atoms with van der Waals surface area (Å²) in [5, 5.41) is 13.8. The molecule has 0 unspecified atom stereocenters. The molecule has 1 aliphatic carbocycles. The van der Waals surface area contributed by atoms with E-state index < -0.39 is 0 Å². The lowest BCUT2D eigenvalue weighted by atomic mass is 9.81. The van der Waals surface area contributed by atoms with Gasteiger partial charge >= 0.3 is 0 Å². The van der Waals surface area contributed by atoms with Crippen LogP contribution in [0.2, 0.25) is 0 Å². The Morgan fingerprint density at radius 2 is 2.00 bits per heavy atom. The van der Waals surface area contributed by atoms with Crippen molar-refractivity contribution in [1.82, 2.24) is 19.7 Å². The van der Waals surface area contributed by atoms with Gasteiger partial charge < -0.3 is 5.11 Å². The number of aryl methyl sites for hydroxylation is 1. The molecule has 0 spiro atoms. The molecule has 5 heteroatoms. The average molecular weight is 294 g/mol. The van der Waals surface area contributed by atoms with Crippen molar-refractivity contribution < 1.29 is 5.11 Å². The summed E-state index contributed by atoms with van der Waals surface area (Å²) in [5.41, 5.74) is 4.67. The van der Waals surface area contributed by atoms with Gasteiger partial charge in [-0.1, -0.05) is 12.1 Å². The Hall–Kier alpha value is -2.27. The summed E-state index contributed by atoms with van der Waals surface area (Å²) in [4.78, 5) is 9.18. The summed E-state index contributed by atoms with van der Waals surface area (Å²) in [7, 11) is 0. The van der Waals surface area contributed by atoms with Gasteiger partial charge in [0.25, 0.3) is 0 Å². The second-order valence-electron chi connectivity index (χ2n) is 6.03. The summed E-state index contributed by atoms with van der Waals surface area (Å²) in [6.07, 6.45) is 5.88. The van der Waals surface area contributed by atoms with Crippen LogP contribution in [0.4, 0.5) is 0 Å². The number of nitrogens with zero attached hydrogens (tertiary/aromatic N) is 4. The minimum atomic E-state index is 0.278. The van der Waals surface area contributed by atoms with Gasteiger partial charge in [-0.3, -0.25) is 9.67 Å². The maximum atomic E-state index is 9.14. The van der Waals surface area contributed by atoms with Crippen molar-refractivity contribution in [3.8, 4) is 11.3 Å². The molecule has 5 nitrogen and oxygen atoms in total. The lowest BCUT2D eigenvalue weighted by Gasteiger charge is -2.34. The Morgan fingerprint density at radius 1 is 1.23 bits per heavy atom. The van der Waals surface area contributed by atoms with Gasteiger partial charge in [0.1, 0.15) is 0 Å². The van der Waals surface area contributed by atoms with Gasteiger partial charge in [0, 0.05) is 18.4 Å². The van der Waals surface area contributed by atoms with Crippen LogP contribution < -0.4 is 0 Å². The Bertz CT molecular complexity index is 820. The van der Waals surface area contributed by atoms with Crippen LogP contribution in [0.15, 0.2) is 36.7 Å². The predicted molar refractivity (Wildman–Crippen MR) is 84.3 cm³/mol. The zero-order chi connectivity index (χ0) is 15.1. The minimum Gasteiger partial charge on any atom is -0.396 e. The van der Waals surface area contributed by atoms with E-state index in [1.165, 1.54) is 0 Å². The van der Waals surface area contributed by atoms with E-state index in [0.29, 0.717) is 12.0 Å². The molecule has 112 valence electrons. The lowest BCUT2D eigenvalue weighted by Crippen LogP contribution is -2.29. The fraction of sp³-hybridized carbons (Fsp3) is 0.353. The van der Waals surface area contributed by atoms with E-state index in [2.05, 4.69) is 16.3 Å². The second-order valence-corrected chi connectivity index (χ2v) is 6.03. The molecule has 2 heterocycles. The highest BCUT2D eigenvalue weighted by Crippen LogP contribution is 2.38. The highest BCUT2D eigenvalue weighted by atomic mass is 16.3. The van der Waals surface area contributed by atoms with E-state index in [0.717, 1.165) is 40.8 Å². The second kappa shape index (κ2) is 5.18. The van der Waals surface area contributed by atoms with Crippen LogP contribution in [-0.2, 0) is 0 Å². The van der Waals surface area contributed by atoms with Crippen LogP contribution in [0, 0.1) is 12.8 Å². The molecule has 4 rings (SSSR count). The molecule has 1 aromatic carbocycles. The largest absolute Gasteiger partial charge is 0.396 e. The fourth-order valence-corrected chi connectivity index (χ4v) is 3.07. The molecule has 0 bridgehead atoms. The van der Waals surface area contributed by atoms with Gasteiger partial charge in [-0.2, -0.15) is 5.10 Å². The Kier molecular flexibility index (Phi) is 3.15. The first-order chi connectivity index (χ1) is 10.7. The van der Waals surface area contributed by atoms with E-state index in [4.69, 9.17) is 10.1 Å². The standard InChI is InChI=1S/C17H18N4O/c1-11-14(9-21(20-11)13-6-12(7-13)10-22)17-8-18-15-4-2-3-5-16(15)19-17/h2-5,8-9,12-13,22H,6-7,10H2,1H3. The van der Waals surface area contributed by atoms with Crippen LogP contribution in [-0.4, -0.2) is 31.5 Å². The molecule has 0 saturated heterocycles. The number of aromatic nitrogens is 4. The summed E-state index contributed by atoms with van der Waals surface area (Å²) >= 11 is 0. The fourth-order valence-electron chi connectivity index (χ4n) is 3.07. The summed E-state index contributed by atoms with van der Waals surface area (Å²) in [5.74, 6) is 0.429. The number of aliphatic hydroxyl groups is 1. The Balaban J connectivity index is 1.68. The van der Waals surface area contributed by atoms with E-state index in [9.17, 15) is 0 Å². The van der Waals surface area contributed by atoms with E-state index >= 15 is 0 Å². The molecule has 1 saturated carbocycles. The van der Waals surface area contributed by atoms with Crippen LogP contribution in [0.25, 0.3) is 22.3 Å². The third kappa shape index (κ3) is 2.18. The SMILES string of the molecule is Cc1nn(C2CC(CO)C2)cc1-c1cnc2ccccc2n1. The van der Waals surface area contributed by atoms with Gasteiger partial charge in [-0.05, 0) is 37.8 Å². The number of hydrogen-bond acceptors (Lipinski definition) is 4. The third-order valence-electron chi connectivity index (χ3n) is 4.48. The van der Waals surface area contributed by atoms with Gasteiger partial charge in [0.2, 0.25) is 0 Å². The minimum absolute atomic E-state index is 0.278. The van der Waals surface area contributed by atoms with Crippen molar-refractivity contribution in [1.29, 1.82) is 0 Å². The molecule has 3 aromatic rings. The number of fused-ring (bicyclic) bond motifs is 1. The first-order valence-corrected chi connectivity index (χ1v) is 7.63. The number of para-hydroxylation sites is 2. The van der Waals surface area contributed by atoms with Crippen molar-refractivity contribution in [2.75, 3.05) is 6.61 Å². The molecule has 1 aliphatic rings. The predicted octanol–water partition coefficient (Wildman–Crippen LogP) is 2.75. The lowest BCUT2D eigenvalue weighted by molar-refractivity contribution is 0.105. The molecule has 0 atom stereocenters. The molecule has 1 N–H and O–H groups in total. The molecular weight excluding hydrogens is 276 g/mol. The first-order valence-electron chi connectivity index (χ1n) is 7.63. The number of rotatable bonds is 3. The Labute approximate surface area is 128 Å². The monoisotopic (exact) mass is 294 g/mol. The quantitative estimate of drug-likeness (QED) is 0.806. The van der Waals surface area contributed by atoms with Gasteiger partial charge in [0.15, 0.2) is 0 Å². The average Bonchev–Trinajstić information content (AvgIpc) is 2.87. The summed E-state index contributed by atoms with van der Waals surface area (Å²) in [6, 6.07) is 8.28. The van der Waals surface area contributed by atoms with E-state index in [-0.39, 0.29) is 6.61 Å². The summed E-state index contributed by atoms with van der Waals surface area (Å²) < 4.78 is 2.02. The Morgan fingerprint density at radius 3 is 2.77 bits per heavy atom. The van der Waals surface area contributed by atoms with Gasteiger partial charge in [-0.15, -0.1) is 0 Å². The smallest absolute Gasteiger partial charge is 0.0927 e. The third-order valence-corrected chi connectivity index (χ3v) is 4.48. The molecule has 2 aromatic heterocycles. The van der Waals surface area contributed by atoms with Crippen molar-refractivity contribution in [2.45, 2.75) is 25.8 Å². The normalized spacial score (nSPS) is 21.0. The van der Waals surface area contributed by atoms with Crippen LogP contribution >= 0.6 is 0 Å². The first kappa shape index (κ1) is 13.4. The number of hydrogen-bond donors (Lipinski definition) is 1. The van der Waals surface area contributed by atoms with Crippen LogP contribution in [0.1, 0.15) is 24.6 Å². The van der Waals surface area contributed by atoms with Gasteiger partial charge in [-0.25, -0.2) is 4.98 Å². The maximum Gasteiger partial charge on any atom is 0.0927 e. The molecule has 1 fully saturated rings. The van der Waals surface area contributed by atoms with Crippen LogP contribution in [0.3, 0.4) is 0 Å². The van der Waals surface area contributed by atoms with Crippen molar-refractivity contribution in [3.05, 3.63) is 42.4 Å². The van der Waals surface area contributed by atoms with Crippen molar-refractivity contribution >= 4 is 11.0 Å². The zero-order valence-electron chi connectivity index (χ0n) is 12.5. The van der Waals surface area contributed by atoms with E-state index in [1.54, 1.807) is 0 Å². The van der Waals surface area contributed by atoms with Crippen LogP contribution in [0.5, 0.6) is 0 Å². The number of benzene rings is 1. The molecule has 0 radical (unpaired) electrons. The topological polar surface area (TPSA) is 63.8 Å². The molecule has 0 aliphatic heterocycles. The summed E-state index contributed by atoms with van der Waals surface area (Å²) in [6.45, 7) is 2.28. The molecular formula is C17H18N4O. The molecule has 0 amide bonds. The van der Waals surface area contributed by atoms with Gasteiger partial charge in [0.05, 0.1) is 34.7 Å². The molecule has 22 heavy (non-hydrogen) atoms. The maximum absolute atomic E-state index is 9.14. The van der Waals surface area contributed by atoms with Crippen molar-refractivity contribution in [2.24, 2.45) is 5.92 Å². The highest BCUT2D eigenvalue weighted by Gasteiger charge is 2.30. The zero-order valence-corrected chi connectivity index (χ0v) is 12.5.